The van der Waals surface area contributed by atoms with Crippen LogP contribution in [0, 0.1) is 0 Å². The van der Waals surface area contributed by atoms with Crippen LogP contribution in [0.1, 0.15) is 30.5 Å². The van der Waals surface area contributed by atoms with Gasteiger partial charge in [-0.1, -0.05) is 23.4 Å². The highest BCUT2D eigenvalue weighted by molar-refractivity contribution is 14.0. The number of nitrogens with one attached hydrogen (secondary N) is 1. The van der Waals surface area contributed by atoms with Gasteiger partial charge in [0.15, 0.2) is 11.8 Å². The Morgan fingerprint density at radius 1 is 1.35 bits per heavy atom. The number of aromatic nitrogens is 2. The number of rotatable bonds is 4. The summed E-state index contributed by atoms with van der Waals surface area (Å²) in [6.45, 7) is 0.297. The molecule has 3 N–H and O–H groups in total. The van der Waals surface area contributed by atoms with E-state index >= 15 is 0 Å². The third kappa shape index (κ3) is 3.92. The molecule has 0 atom stereocenters. The molecule has 0 amide bonds. The van der Waals surface area contributed by atoms with Gasteiger partial charge in [0.05, 0.1) is 0 Å². The second-order valence-electron chi connectivity index (χ2n) is 4.51. The van der Waals surface area contributed by atoms with E-state index < -0.39 is 0 Å². The molecule has 1 fully saturated rings. The number of aliphatic imine (C=N–C) groups is 1. The molecule has 0 saturated heterocycles. The second kappa shape index (κ2) is 6.69. The van der Waals surface area contributed by atoms with Crippen molar-refractivity contribution in [2.24, 2.45) is 10.7 Å². The predicted octanol–water partition coefficient (Wildman–Crippen LogP) is 2.49. The molecule has 1 aliphatic rings. The lowest BCUT2D eigenvalue weighted by Crippen LogP contribution is -2.22. The highest BCUT2D eigenvalue weighted by Crippen LogP contribution is 2.38. The minimum absolute atomic E-state index is 0. The molecule has 0 radical (unpaired) electrons. The molecular weight excluding hydrogens is 369 g/mol. The number of nitrogens with zero attached hydrogens (tertiary/aromatic N) is 3. The van der Waals surface area contributed by atoms with Crippen LogP contribution < -0.4 is 11.1 Å². The van der Waals surface area contributed by atoms with Gasteiger partial charge in [-0.3, -0.25) is 0 Å². The number of para-hydroxylation sites is 1. The third-order valence-electron chi connectivity index (χ3n) is 2.86. The standard InChI is InChI=1S/C13H15N5O.HI/c14-13(16-10-4-2-1-3-5-10)15-8-11-17-12(18-19-11)9-6-7-9;/h1-5,9H,6-8H2,(H3,14,15,16);1H. The van der Waals surface area contributed by atoms with Gasteiger partial charge in [-0.2, -0.15) is 4.98 Å². The van der Waals surface area contributed by atoms with Crippen molar-refractivity contribution in [3.8, 4) is 0 Å². The Hall–Kier alpha value is -1.64. The van der Waals surface area contributed by atoms with Crippen LogP contribution in [0.15, 0.2) is 39.8 Å². The maximum Gasteiger partial charge on any atom is 0.248 e. The second-order valence-corrected chi connectivity index (χ2v) is 4.51. The first-order chi connectivity index (χ1) is 9.31. The molecule has 3 rings (SSSR count). The molecule has 6 nitrogen and oxygen atoms in total. The van der Waals surface area contributed by atoms with Gasteiger partial charge >= 0.3 is 0 Å². The van der Waals surface area contributed by atoms with Gasteiger partial charge in [0, 0.05) is 11.6 Å². The van der Waals surface area contributed by atoms with Crippen LogP contribution in [0.25, 0.3) is 0 Å². The maximum absolute atomic E-state index is 5.78. The number of guanidine groups is 1. The first-order valence-electron chi connectivity index (χ1n) is 6.26. The Kier molecular flexibility index (Phi) is 4.94. The summed E-state index contributed by atoms with van der Waals surface area (Å²) < 4.78 is 5.12. The molecule has 0 bridgehead atoms. The molecule has 0 unspecified atom stereocenters. The van der Waals surface area contributed by atoms with E-state index in [-0.39, 0.29) is 24.0 Å². The van der Waals surface area contributed by atoms with E-state index in [9.17, 15) is 0 Å². The monoisotopic (exact) mass is 385 g/mol. The Morgan fingerprint density at radius 2 is 2.10 bits per heavy atom. The first kappa shape index (κ1) is 14.8. The molecule has 7 heteroatoms. The summed E-state index contributed by atoms with van der Waals surface area (Å²) in [6, 6.07) is 9.63. The van der Waals surface area contributed by atoms with E-state index in [1.165, 1.54) is 0 Å². The largest absolute Gasteiger partial charge is 0.370 e. The Balaban J connectivity index is 0.00000147. The minimum atomic E-state index is 0. The number of benzene rings is 1. The summed E-state index contributed by atoms with van der Waals surface area (Å²) >= 11 is 0. The van der Waals surface area contributed by atoms with Crippen molar-refractivity contribution >= 4 is 35.6 Å². The van der Waals surface area contributed by atoms with E-state index in [2.05, 4.69) is 20.4 Å². The first-order valence-corrected chi connectivity index (χ1v) is 6.26. The molecule has 0 spiro atoms. The van der Waals surface area contributed by atoms with Crippen LogP contribution in [-0.4, -0.2) is 16.1 Å². The quantitative estimate of drug-likeness (QED) is 0.480. The van der Waals surface area contributed by atoms with Crippen molar-refractivity contribution in [3.05, 3.63) is 42.0 Å². The number of nitrogens with two attached hydrogens (primary N) is 1. The normalized spacial score (nSPS) is 14.7. The highest BCUT2D eigenvalue weighted by atomic mass is 127. The summed E-state index contributed by atoms with van der Waals surface area (Å²) in [5, 5.41) is 6.92. The minimum Gasteiger partial charge on any atom is -0.370 e. The Bertz CT molecular complexity index is 579. The van der Waals surface area contributed by atoms with Gasteiger partial charge in [-0.15, -0.1) is 24.0 Å². The van der Waals surface area contributed by atoms with Gasteiger partial charge in [0.2, 0.25) is 5.89 Å². The fourth-order valence-electron chi connectivity index (χ4n) is 1.70. The molecule has 1 saturated carbocycles. The third-order valence-corrected chi connectivity index (χ3v) is 2.86. The van der Waals surface area contributed by atoms with Gasteiger partial charge in [0.1, 0.15) is 6.54 Å². The van der Waals surface area contributed by atoms with Crippen molar-refractivity contribution in [2.45, 2.75) is 25.3 Å². The van der Waals surface area contributed by atoms with Crippen molar-refractivity contribution in [1.29, 1.82) is 0 Å². The van der Waals surface area contributed by atoms with Crippen LogP contribution in [0.5, 0.6) is 0 Å². The molecule has 1 heterocycles. The SMILES string of the molecule is I.NC(=NCc1nc(C2CC2)no1)Nc1ccccc1. The van der Waals surface area contributed by atoms with Crippen LogP contribution in [0.2, 0.25) is 0 Å². The molecule has 2 aromatic rings. The lowest BCUT2D eigenvalue weighted by atomic mass is 10.3. The van der Waals surface area contributed by atoms with E-state index in [1.54, 1.807) is 0 Å². The van der Waals surface area contributed by atoms with Crippen molar-refractivity contribution in [2.75, 3.05) is 5.32 Å². The summed E-state index contributed by atoms with van der Waals surface area (Å²) in [5.41, 5.74) is 6.68. The van der Waals surface area contributed by atoms with E-state index in [0.29, 0.717) is 24.3 Å². The van der Waals surface area contributed by atoms with Gasteiger partial charge < -0.3 is 15.6 Å². The number of halogens is 1. The average molecular weight is 385 g/mol. The van der Waals surface area contributed by atoms with Gasteiger partial charge in [-0.25, -0.2) is 4.99 Å². The maximum atomic E-state index is 5.78. The number of anilines is 1. The molecule has 1 aromatic heterocycles. The van der Waals surface area contributed by atoms with Crippen LogP contribution in [0.3, 0.4) is 0 Å². The molecular formula is C13H16IN5O. The smallest absolute Gasteiger partial charge is 0.248 e. The molecule has 20 heavy (non-hydrogen) atoms. The Morgan fingerprint density at radius 3 is 2.80 bits per heavy atom. The zero-order valence-corrected chi connectivity index (χ0v) is 13.2. The zero-order chi connectivity index (χ0) is 13.1. The molecule has 0 aliphatic heterocycles. The van der Waals surface area contributed by atoms with Crippen molar-refractivity contribution in [3.63, 3.8) is 0 Å². The summed E-state index contributed by atoms with van der Waals surface area (Å²) in [7, 11) is 0. The predicted molar refractivity (Wildman–Crippen MR) is 87.1 cm³/mol. The van der Waals surface area contributed by atoms with Gasteiger partial charge in [-0.05, 0) is 25.0 Å². The Labute approximate surface area is 133 Å². The molecule has 1 aliphatic carbocycles. The van der Waals surface area contributed by atoms with Crippen LogP contribution >= 0.6 is 24.0 Å². The fourth-order valence-corrected chi connectivity index (χ4v) is 1.70. The van der Waals surface area contributed by atoms with Gasteiger partial charge in [0.25, 0.3) is 0 Å². The van der Waals surface area contributed by atoms with Crippen LogP contribution in [0.4, 0.5) is 5.69 Å². The summed E-state index contributed by atoms with van der Waals surface area (Å²) in [4.78, 5) is 8.45. The van der Waals surface area contributed by atoms with E-state index in [4.69, 9.17) is 10.3 Å². The summed E-state index contributed by atoms with van der Waals surface area (Å²) in [6.07, 6.45) is 2.31. The average Bonchev–Trinajstić information content (AvgIpc) is 3.17. The van der Waals surface area contributed by atoms with Crippen LogP contribution in [-0.2, 0) is 6.54 Å². The van der Waals surface area contributed by atoms with Crippen molar-refractivity contribution in [1.82, 2.24) is 10.1 Å². The lowest BCUT2D eigenvalue weighted by Gasteiger charge is -2.03. The van der Waals surface area contributed by atoms with E-state index in [0.717, 1.165) is 24.4 Å². The fraction of sp³-hybridized carbons (Fsp3) is 0.308. The number of hydrogen-bond acceptors (Lipinski definition) is 4. The zero-order valence-electron chi connectivity index (χ0n) is 10.8. The molecule has 106 valence electrons. The van der Waals surface area contributed by atoms with E-state index in [1.807, 2.05) is 30.3 Å². The highest BCUT2D eigenvalue weighted by Gasteiger charge is 2.28. The number of hydrogen-bond donors (Lipinski definition) is 2. The molecule has 1 aromatic carbocycles. The van der Waals surface area contributed by atoms with Crippen molar-refractivity contribution < 1.29 is 4.52 Å². The topological polar surface area (TPSA) is 89.3 Å². The lowest BCUT2D eigenvalue weighted by molar-refractivity contribution is 0.375. The summed E-state index contributed by atoms with van der Waals surface area (Å²) in [5.74, 6) is 2.11.